The zero-order chi connectivity index (χ0) is 21.3. The summed E-state index contributed by atoms with van der Waals surface area (Å²) in [5.74, 6) is 3.22. The zero-order valence-electron chi connectivity index (χ0n) is 17.9. The molecular weight excluding hydrogens is 380 g/mol. The fourth-order valence-corrected chi connectivity index (χ4v) is 3.49. The van der Waals surface area contributed by atoms with Crippen LogP contribution in [-0.4, -0.2) is 44.9 Å². The lowest BCUT2D eigenvalue weighted by atomic mass is 10.1. The first-order valence-electron chi connectivity index (χ1n) is 9.81. The second kappa shape index (κ2) is 8.06. The number of methoxy groups -OCH3 is 2. The van der Waals surface area contributed by atoms with Crippen LogP contribution in [-0.2, 0) is 13.5 Å². The van der Waals surface area contributed by atoms with Crippen LogP contribution in [0.4, 0.5) is 5.82 Å². The van der Waals surface area contributed by atoms with Gasteiger partial charge in [-0.1, -0.05) is 6.07 Å². The number of imidazole rings is 1. The summed E-state index contributed by atoms with van der Waals surface area (Å²) in [6, 6.07) is 7.96. The first-order valence-corrected chi connectivity index (χ1v) is 9.81. The van der Waals surface area contributed by atoms with E-state index in [4.69, 9.17) is 19.6 Å². The highest BCUT2D eigenvalue weighted by Crippen LogP contribution is 2.28. The molecule has 0 fully saturated rings. The van der Waals surface area contributed by atoms with Crippen molar-refractivity contribution < 1.29 is 9.47 Å². The van der Waals surface area contributed by atoms with E-state index >= 15 is 0 Å². The molecule has 0 saturated carbocycles. The number of fused-ring (bicyclic) bond motifs is 1. The largest absolute Gasteiger partial charge is 0.493 e. The van der Waals surface area contributed by atoms with E-state index in [-0.39, 0.29) is 0 Å². The van der Waals surface area contributed by atoms with Crippen LogP contribution in [0, 0.1) is 13.8 Å². The lowest BCUT2D eigenvalue weighted by molar-refractivity contribution is 0.354. The van der Waals surface area contributed by atoms with Crippen LogP contribution in [0.1, 0.15) is 16.8 Å². The predicted molar refractivity (Wildman–Crippen MR) is 116 cm³/mol. The normalized spacial score (nSPS) is 11.1. The SMILES string of the molecule is COc1ccc(CCNc2c(C)c(C)nc3cc(-c4nccn4C)nn23)cc1OC. The van der Waals surface area contributed by atoms with Gasteiger partial charge in [-0.05, 0) is 38.0 Å². The zero-order valence-corrected chi connectivity index (χ0v) is 17.9. The van der Waals surface area contributed by atoms with E-state index in [1.807, 2.05) is 47.4 Å². The average Bonchev–Trinajstić information content (AvgIpc) is 3.36. The van der Waals surface area contributed by atoms with Crippen LogP contribution in [0.2, 0.25) is 0 Å². The molecule has 1 aromatic carbocycles. The van der Waals surface area contributed by atoms with Crippen molar-refractivity contribution in [3.63, 3.8) is 0 Å². The molecule has 0 spiro atoms. The molecule has 0 aliphatic heterocycles. The van der Waals surface area contributed by atoms with Crippen LogP contribution < -0.4 is 14.8 Å². The number of anilines is 1. The van der Waals surface area contributed by atoms with E-state index in [1.165, 1.54) is 0 Å². The van der Waals surface area contributed by atoms with E-state index in [0.29, 0.717) is 0 Å². The number of hydrogen-bond acceptors (Lipinski definition) is 6. The predicted octanol–water partition coefficient (Wildman–Crippen LogP) is 3.42. The third-order valence-electron chi connectivity index (χ3n) is 5.29. The number of nitrogens with one attached hydrogen (secondary N) is 1. The fourth-order valence-electron chi connectivity index (χ4n) is 3.49. The van der Waals surface area contributed by atoms with Crippen molar-refractivity contribution in [3.05, 3.63) is 53.5 Å². The molecule has 0 atom stereocenters. The Morgan fingerprint density at radius 3 is 2.57 bits per heavy atom. The molecule has 8 nitrogen and oxygen atoms in total. The van der Waals surface area contributed by atoms with Crippen molar-refractivity contribution in [1.29, 1.82) is 0 Å². The van der Waals surface area contributed by atoms with Gasteiger partial charge in [-0.3, -0.25) is 0 Å². The van der Waals surface area contributed by atoms with Crippen LogP contribution in [0.3, 0.4) is 0 Å². The summed E-state index contributed by atoms with van der Waals surface area (Å²) in [5, 5.41) is 8.31. The second-order valence-corrected chi connectivity index (χ2v) is 7.20. The van der Waals surface area contributed by atoms with Gasteiger partial charge in [-0.25, -0.2) is 9.97 Å². The molecule has 1 N–H and O–H groups in total. The minimum absolute atomic E-state index is 0.731. The van der Waals surface area contributed by atoms with E-state index in [1.54, 1.807) is 20.4 Å². The highest BCUT2D eigenvalue weighted by atomic mass is 16.5. The number of nitrogens with zero attached hydrogens (tertiary/aromatic N) is 5. The summed E-state index contributed by atoms with van der Waals surface area (Å²) in [5.41, 5.74) is 4.80. The molecule has 0 amide bonds. The number of aromatic nitrogens is 5. The first kappa shape index (κ1) is 19.8. The molecule has 3 aromatic heterocycles. The van der Waals surface area contributed by atoms with Crippen molar-refractivity contribution in [1.82, 2.24) is 24.1 Å². The Balaban J connectivity index is 1.60. The fraction of sp³-hybridized carbons (Fsp3) is 0.318. The maximum Gasteiger partial charge on any atom is 0.160 e. The highest BCUT2D eigenvalue weighted by molar-refractivity contribution is 5.63. The Morgan fingerprint density at radius 2 is 1.87 bits per heavy atom. The lowest BCUT2D eigenvalue weighted by Gasteiger charge is -2.14. The van der Waals surface area contributed by atoms with Gasteiger partial charge >= 0.3 is 0 Å². The van der Waals surface area contributed by atoms with Crippen molar-refractivity contribution in [2.24, 2.45) is 7.05 Å². The molecule has 8 heteroatoms. The number of aryl methyl sites for hydroxylation is 2. The molecule has 0 aliphatic rings. The van der Waals surface area contributed by atoms with E-state index in [9.17, 15) is 0 Å². The van der Waals surface area contributed by atoms with Crippen LogP contribution in [0.25, 0.3) is 17.2 Å². The Bertz CT molecular complexity index is 1190. The van der Waals surface area contributed by atoms with Crippen molar-refractivity contribution in [2.75, 3.05) is 26.1 Å². The van der Waals surface area contributed by atoms with E-state index < -0.39 is 0 Å². The Hall–Kier alpha value is -3.55. The highest BCUT2D eigenvalue weighted by Gasteiger charge is 2.15. The standard InChI is InChI=1S/C22H26N6O2/c1-14-15(2)25-20-13-17(22-24-10-11-27(22)3)26-28(20)21(14)23-9-8-16-6-7-18(29-4)19(12-16)30-5/h6-7,10-13,23H,8-9H2,1-5H3. The minimum atomic E-state index is 0.731. The minimum Gasteiger partial charge on any atom is -0.493 e. The van der Waals surface area contributed by atoms with Gasteiger partial charge in [0.25, 0.3) is 0 Å². The van der Waals surface area contributed by atoms with Gasteiger partial charge < -0.3 is 19.4 Å². The maximum absolute atomic E-state index is 5.41. The van der Waals surface area contributed by atoms with Gasteiger partial charge in [-0.2, -0.15) is 9.61 Å². The molecule has 30 heavy (non-hydrogen) atoms. The molecule has 0 radical (unpaired) electrons. The van der Waals surface area contributed by atoms with Crippen LogP contribution >= 0.6 is 0 Å². The Morgan fingerprint density at radius 1 is 1.07 bits per heavy atom. The molecule has 0 unspecified atom stereocenters. The molecule has 0 aliphatic carbocycles. The van der Waals surface area contributed by atoms with Gasteiger partial charge in [0, 0.05) is 43.3 Å². The Labute approximate surface area is 175 Å². The van der Waals surface area contributed by atoms with Crippen LogP contribution in [0.5, 0.6) is 11.5 Å². The van der Waals surface area contributed by atoms with Crippen molar-refractivity contribution in [2.45, 2.75) is 20.3 Å². The Kier molecular flexibility index (Phi) is 5.31. The van der Waals surface area contributed by atoms with Gasteiger partial charge in [0.15, 0.2) is 23.0 Å². The summed E-state index contributed by atoms with van der Waals surface area (Å²) >= 11 is 0. The van der Waals surface area contributed by atoms with Crippen LogP contribution in [0.15, 0.2) is 36.7 Å². The van der Waals surface area contributed by atoms with Crippen molar-refractivity contribution >= 4 is 11.5 Å². The molecule has 156 valence electrons. The van der Waals surface area contributed by atoms with Gasteiger partial charge in [0.05, 0.1) is 14.2 Å². The average molecular weight is 406 g/mol. The molecular formula is C22H26N6O2. The number of ether oxygens (including phenoxy) is 2. The van der Waals surface area contributed by atoms with Gasteiger partial charge in [0.1, 0.15) is 11.5 Å². The molecule has 4 aromatic rings. The quantitative estimate of drug-likeness (QED) is 0.507. The second-order valence-electron chi connectivity index (χ2n) is 7.20. The van der Waals surface area contributed by atoms with Gasteiger partial charge in [-0.15, -0.1) is 0 Å². The number of benzene rings is 1. The molecule has 4 rings (SSSR count). The lowest BCUT2D eigenvalue weighted by Crippen LogP contribution is -2.12. The first-order chi connectivity index (χ1) is 14.5. The third kappa shape index (κ3) is 3.56. The maximum atomic E-state index is 5.41. The number of rotatable bonds is 7. The van der Waals surface area contributed by atoms with E-state index in [2.05, 4.69) is 23.3 Å². The summed E-state index contributed by atoms with van der Waals surface area (Å²) in [6.45, 7) is 4.82. The monoisotopic (exact) mass is 406 g/mol. The molecule has 0 bridgehead atoms. The van der Waals surface area contributed by atoms with E-state index in [0.717, 1.165) is 64.3 Å². The molecule has 3 heterocycles. The summed E-state index contributed by atoms with van der Waals surface area (Å²) in [4.78, 5) is 9.10. The third-order valence-corrected chi connectivity index (χ3v) is 5.29. The smallest absolute Gasteiger partial charge is 0.160 e. The van der Waals surface area contributed by atoms with Crippen molar-refractivity contribution in [3.8, 4) is 23.0 Å². The summed E-state index contributed by atoms with van der Waals surface area (Å²) in [7, 11) is 5.25. The number of hydrogen-bond donors (Lipinski definition) is 1. The summed E-state index contributed by atoms with van der Waals surface area (Å²) < 4.78 is 14.5. The molecule has 0 saturated heterocycles. The summed E-state index contributed by atoms with van der Waals surface area (Å²) in [6.07, 6.45) is 4.51. The topological polar surface area (TPSA) is 78.5 Å². The van der Waals surface area contributed by atoms with Gasteiger partial charge in [0.2, 0.25) is 0 Å².